The van der Waals surface area contributed by atoms with Crippen LogP contribution in [0.4, 0.5) is 0 Å². The van der Waals surface area contributed by atoms with Gasteiger partial charge < -0.3 is 19.8 Å². The first-order chi connectivity index (χ1) is 19.4. The van der Waals surface area contributed by atoms with Gasteiger partial charge in [-0.1, -0.05) is 55.2 Å². The van der Waals surface area contributed by atoms with Gasteiger partial charge in [0, 0.05) is 40.3 Å². The van der Waals surface area contributed by atoms with Gasteiger partial charge in [0.1, 0.15) is 18.5 Å². The van der Waals surface area contributed by atoms with E-state index in [-0.39, 0.29) is 48.8 Å². The lowest BCUT2D eigenvalue weighted by molar-refractivity contribution is -0.158. The average molecular weight is 611 g/mol. The van der Waals surface area contributed by atoms with Crippen LogP contribution in [0.2, 0.25) is 10.0 Å². The van der Waals surface area contributed by atoms with Gasteiger partial charge in [0.2, 0.25) is 0 Å². The monoisotopic (exact) mass is 609 g/mol. The van der Waals surface area contributed by atoms with Crippen LogP contribution in [0.25, 0.3) is 0 Å². The number of ketones is 2. The number of oxime groups is 1. The molecule has 1 fully saturated rings. The van der Waals surface area contributed by atoms with Crippen LogP contribution < -0.4 is 0 Å². The van der Waals surface area contributed by atoms with Crippen molar-refractivity contribution in [1.29, 1.82) is 0 Å². The maximum absolute atomic E-state index is 13.1. The smallest absolute Gasteiger partial charge is 0.308 e. The lowest BCUT2D eigenvalue weighted by atomic mass is 9.63. The van der Waals surface area contributed by atoms with Crippen LogP contribution in [0.3, 0.4) is 0 Å². The van der Waals surface area contributed by atoms with E-state index in [0.717, 1.165) is 0 Å². The number of carbonyl (C=O) groups excluding carboxylic acids is 3. The summed E-state index contributed by atoms with van der Waals surface area (Å²) in [5, 5.41) is 24.0. The summed E-state index contributed by atoms with van der Waals surface area (Å²) in [6, 6.07) is 5.12. The molecule has 0 radical (unpaired) electrons. The van der Waals surface area contributed by atoms with E-state index in [1.807, 2.05) is 6.92 Å². The fraction of sp³-hybridized carbons (Fsp3) is 0.567. The molecule has 224 valence electrons. The van der Waals surface area contributed by atoms with Gasteiger partial charge in [0.25, 0.3) is 0 Å². The van der Waals surface area contributed by atoms with Crippen LogP contribution in [-0.4, -0.2) is 51.6 Å². The second kappa shape index (κ2) is 14.9. The third-order valence-electron chi connectivity index (χ3n) is 7.97. The summed E-state index contributed by atoms with van der Waals surface area (Å²) in [5.74, 6) is -3.42. The van der Waals surface area contributed by atoms with Crippen molar-refractivity contribution in [3.05, 3.63) is 45.5 Å². The Hall–Kier alpha value is -2.75. The highest BCUT2D eigenvalue weighted by molar-refractivity contribution is 6.35. The molecule has 0 spiro atoms. The number of aliphatic carboxylic acids is 1. The fourth-order valence-corrected chi connectivity index (χ4v) is 5.90. The van der Waals surface area contributed by atoms with Gasteiger partial charge in [-0.15, -0.1) is 0 Å². The molecule has 1 aromatic carbocycles. The van der Waals surface area contributed by atoms with E-state index in [9.17, 15) is 24.3 Å². The first-order valence-corrected chi connectivity index (χ1v) is 14.7. The van der Waals surface area contributed by atoms with E-state index in [4.69, 9.17) is 37.9 Å². The molecule has 0 heterocycles. The van der Waals surface area contributed by atoms with Gasteiger partial charge in [0.15, 0.2) is 5.78 Å². The van der Waals surface area contributed by atoms with Gasteiger partial charge in [-0.2, -0.15) is 0 Å². The van der Waals surface area contributed by atoms with Crippen molar-refractivity contribution in [3.63, 3.8) is 0 Å². The first-order valence-electron chi connectivity index (χ1n) is 13.9. The van der Waals surface area contributed by atoms with Crippen molar-refractivity contribution in [2.75, 3.05) is 0 Å². The van der Waals surface area contributed by atoms with E-state index in [1.54, 1.807) is 32.0 Å². The molecule has 0 aliphatic heterocycles. The Morgan fingerprint density at radius 2 is 1.85 bits per heavy atom. The third-order valence-corrected chi connectivity index (χ3v) is 8.67. The lowest BCUT2D eigenvalue weighted by Crippen LogP contribution is -2.46. The standard InChI is InChI=1S/C30H37Cl2NO8/c1-4-16(2)30(39)41-27-11-10-25(33-40-15-22-23(31)6-5-7-24(22)32)21-14-26(36)17(3)20(29(21)27)9-8-18(34)12-19(35)13-28(37)38/h5-7,14,16-17,19-20,27,29,35H,4,8-13,15H2,1-3H3,(H,37,38)/b33-25-. The minimum absolute atomic E-state index is 0.0212. The van der Waals surface area contributed by atoms with Crippen LogP contribution in [0, 0.1) is 23.7 Å². The Labute approximate surface area is 249 Å². The number of halogens is 2. The number of fused-ring (bicyclic) bond motifs is 1. The molecule has 41 heavy (non-hydrogen) atoms. The Morgan fingerprint density at radius 1 is 1.17 bits per heavy atom. The van der Waals surface area contributed by atoms with Gasteiger partial charge >= 0.3 is 11.9 Å². The zero-order chi connectivity index (χ0) is 30.3. The van der Waals surface area contributed by atoms with Crippen LogP contribution in [0.1, 0.15) is 71.3 Å². The first kappa shape index (κ1) is 32.8. The number of aliphatic hydroxyl groups is 1. The van der Waals surface area contributed by atoms with Crippen LogP contribution in [-0.2, 0) is 35.4 Å². The molecule has 2 N–H and O–H groups in total. The van der Waals surface area contributed by atoms with Gasteiger partial charge in [-0.05, 0) is 55.4 Å². The number of carboxylic acid groups (broad SMARTS) is 1. The van der Waals surface area contributed by atoms with Crippen molar-refractivity contribution in [3.8, 4) is 0 Å². The number of rotatable bonds is 13. The fourth-order valence-electron chi connectivity index (χ4n) is 5.39. The number of nitrogens with zero attached hydrogens (tertiary/aromatic N) is 1. The van der Waals surface area contributed by atoms with E-state index in [1.165, 1.54) is 6.08 Å². The van der Waals surface area contributed by atoms with Crippen molar-refractivity contribution in [2.45, 2.75) is 84.5 Å². The molecular formula is C30H37Cl2NO8. The van der Waals surface area contributed by atoms with Gasteiger partial charge in [0.05, 0.1) is 24.2 Å². The Kier molecular flexibility index (Phi) is 11.9. The molecule has 2 aliphatic carbocycles. The van der Waals surface area contributed by atoms with E-state index < -0.39 is 36.4 Å². The predicted octanol–water partition coefficient (Wildman–Crippen LogP) is 5.57. The predicted molar refractivity (Wildman–Crippen MR) is 154 cm³/mol. The number of ether oxygens (including phenoxy) is 1. The maximum Gasteiger partial charge on any atom is 0.308 e. The number of carboxylic acids is 1. The number of esters is 1. The Bertz CT molecular complexity index is 1190. The van der Waals surface area contributed by atoms with Crippen molar-refractivity contribution >= 4 is 52.4 Å². The summed E-state index contributed by atoms with van der Waals surface area (Å²) in [7, 11) is 0. The molecule has 11 heteroatoms. The highest BCUT2D eigenvalue weighted by Gasteiger charge is 2.46. The molecule has 9 nitrogen and oxygen atoms in total. The largest absolute Gasteiger partial charge is 0.481 e. The van der Waals surface area contributed by atoms with Crippen LogP contribution in [0.15, 0.2) is 35.0 Å². The quantitative estimate of drug-likeness (QED) is 0.218. The molecule has 2 aliphatic rings. The molecule has 0 bridgehead atoms. The minimum Gasteiger partial charge on any atom is -0.481 e. The number of carbonyl (C=O) groups is 4. The van der Waals surface area contributed by atoms with Crippen LogP contribution in [0.5, 0.6) is 0 Å². The molecule has 3 rings (SSSR count). The highest BCUT2D eigenvalue weighted by atomic mass is 35.5. The molecule has 1 saturated carbocycles. The minimum atomic E-state index is -1.28. The molecule has 6 unspecified atom stereocenters. The van der Waals surface area contributed by atoms with E-state index in [2.05, 4.69) is 5.16 Å². The van der Waals surface area contributed by atoms with Crippen molar-refractivity contribution in [2.24, 2.45) is 28.8 Å². The SMILES string of the molecule is CCC(C)C(=O)OC1CC/C(=N/OCc2c(Cl)cccc2Cl)C2=CC(=O)C(C)C(CCC(=O)CC(O)CC(=O)O)C21. The molecule has 0 saturated heterocycles. The third kappa shape index (κ3) is 8.63. The lowest BCUT2D eigenvalue weighted by Gasteiger charge is -2.43. The maximum atomic E-state index is 13.1. The molecule has 0 amide bonds. The summed E-state index contributed by atoms with van der Waals surface area (Å²) >= 11 is 12.5. The highest BCUT2D eigenvalue weighted by Crippen LogP contribution is 2.44. The molecule has 6 atom stereocenters. The summed E-state index contributed by atoms with van der Waals surface area (Å²) in [4.78, 5) is 55.0. The number of aliphatic hydroxyl groups excluding tert-OH is 1. The number of Topliss-reactive ketones (excluding diaryl/α,β-unsaturated/α-hetero) is 1. The number of benzene rings is 1. The van der Waals surface area contributed by atoms with Crippen molar-refractivity contribution in [1.82, 2.24) is 0 Å². The van der Waals surface area contributed by atoms with Crippen molar-refractivity contribution < 1.29 is 39.0 Å². The van der Waals surface area contributed by atoms with Gasteiger partial charge in [-0.25, -0.2) is 0 Å². The zero-order valence-corrected chi connectivity index (χ0v) is 25.0. The zero-order valence-electron chi connectivity index (χ0n) is 23.5. The number of hydrogen-bond donors (Lipinski definition) is 2. The van der Waals surface area contributed by atoms with E-state index >= 15 is 0 Å². The Balaban J connectivity index is 1.85. The number of hydrogen-bond acceptors (Lipinski definition) is 8. The Morgan fingerprint density at radius 3 is 2.49 bits per heavy atom. The second-order valence-corrected chi connectivity index (χ2v) is 11.7. The molecule has 0 aromatic heterocycles. The molecular weight excluding hydrogens is 573 g/mol. The topological polar surface area (TPSA) is 140 Å². The number of allylic oxidation sites excluding steroid dienone is 1. The average Bonchev–Trinajstić information content (AvgIpc) is 2.90. The summed E-state index contributed by atoms with van der Waals surface area (Å²) in [5.41, 5.74) is 1.76. The second-order valence-electron chi connectivity index (χ2n) is 10.8. The summed E-state index contributed by atoms with van der Waals surface area (Å²) < 4.78 is 5.98. The summed E-state index contributed by atoms with van der Waals surface area (Å²) in [6.07, 6.45) is 0.771. The van der Waals surface area contributed by atoms with Gasteiger partial charge in [-0.3, -0.25) is 19.2 Å². The van der Waals surface area contributed by atoms with Crippen LogP contribution >= 0.6 is 23.2 Å². The summed E-state index contributed by atoms with van der Waals surface area (Å²) in [6.45, 7) is 5.51. The van der Waals surface area contributed by atoms with E-state index in [0.29, 0.717) is 52.6 Å². The molecule has 1 aromatic rings. The normalized spacial score (nSPS) is 24.7.